The number of nitrogens with one attached hydrogen (secondary N) is 2. The van der Waals surface area contributed by atoms with Crippen molar-refractivity contribution in [1.29, 1.82) is 0 Å². The maximum absolute atomic E-state index is 5.75. The zero-order valence-corrected chi connectivity index (χ0v) is 11.6. The lowest BCUT2D eigenvalue weighted by Gasteiger charge is -1.90. The molecule has 6 heteroatoms. The second kappa shape index (κ2) is 5.93. The van der Waals surface area contributed by atoms with Gasteiger partial charge < -0.3 is 36.3 Å². The lowest BCUT2D eigenvalue weighted by atomic mass is 10.2. The highest BCUT2D eigenvalue weighted by atomic mass is 35.5. The van der Waals surface area contributed by atoms with E-state index in [2.05, 4.69) is 15.7 Å². The topological polar surface area (TPSA) is 83.6 Å². The Labute approximate surface area is 123 Å². The molecule has 0 saturated carbocycles. The van der Waals surface area contributed by atoms with Gasteiger partial charge in [-0.3, -0.25) is 0 Å². The monoisotopic (exact) mass is 296 g/mol. The van der Waals surface area contributed by atoms with Crippen LogP contribution in [0.1, 0.15) is 0 Å². The number of imidazole rings is 1. The minimum atomic E-state index is 0. The van der Waals surface area contributed by atoms with Crippen molar-refractivity contribution in [2.24, 2.45) is 0 Å². The van der Waals surface area contributed by atoms with Gasteiger partial charge in [0.05, 0.1) is 5.56 Å². The van der Waals surface area contributed by atoms with Crippen molar-refractivity contribution >= 4 is 22.4 Å². The van der Waals surface area contributed by atoms with Gasteiger partial charge in [-0.2, -0.15) is 0 Å². The number of hydrogen-bond acceptors (Lipinski definition) is 1. The lowest BCUT2D eigenvalue weighted by molar-refractivity contribution is -0.330. The first kappa shape index (κ1) is 15.3. The first-order valence-corrected chi connectivity index (χ1v) is 5.45. The molecule has 2 aromatic carbocycles. The van der Waals surface area contributed by atoms with Crippen LogP contribution in [0, 0.1) is 0 Å². The van der Waals surface area contributed by atoms with Gasteiger partial charge in [0.25, 0.3) is 5.82 Å². The highest BCUT2D eigenvalue weighted by molar-refractivity contribution is 5.77. The van der Waals surface area contributed by atoms with E-state index in [0.717, 1.165) is 33.8 Å². The number of halogens is 2. The minimum Gasteiger partial charge on any atom is -1.00 e. The first-order valence-electron chi connectivity index (χ1n) is 5.45. The van der Waals surface area contributed by atoms with Gasteiger partial charge in [0, 0.05) is 11.8 Å². The summed E-state index contributed by atoms with van der Waals surface area (Å²) >= 11 is 0. The Morgan fingerprint density at radius 3 is 2.37 bits per heavy atom. The van der Waals surface area contributed by atoms with E-state index in [9.17, 15) is 0 Å². The molecule has 0 aliphatic heterocycles. The van der Waals surface area contributed by atoms with E-state index < -0.39 is 0 Å². The number of nitrogen functional groups attached to an aromatic ring is 1. The Morgan fingerprint density at radius 1 is 1.00 bits per heavy atom. The highest BCUT2D eigenvalue weighted by Gasteiger charge is 2.11. The predicted molar refractivity (Wildman–Crippen MR) is 67.3 cm³/mol. The van der Waals surface area contributed by atoms with Gasteiger partial charge in [-0.15, -0.1) is 0 Å². The fourth-order valence-electron chi connectivity index (χ4n) is 1.89. The molecule has 0 saturated heterocycles. The normalized spacial score (nSPS) is 9.74. The third-order valence-electron chi connectivity index (χ3n) is 2.81. The van der Waals surface area contributed by atoms with Crippen molar-refractivity contribution in [2.45, 2.75) is 0 Å². The van der Waals surface area contributed by atoms with Gasteiger partial charge in [0.1, 0.15) is 5.69 Å². The molecule has 100 valence electrons. The summed E-state index contributed by atoms with van der Waals surface area (Å²) in [6.07, 6.45) is 0. The van der Waals surface area contributed by atoms with Crippen LogP contribution < -0.4 is 41.3 Å². The quantitative estimate of drug-likeness (QED) is 0.387. The molecule has 0 spiro atoms. The number of fused-ring (bicyclic) bond motifs is 1. The van der Waals surface area contributed by atoms with E-state index in [-0.39, 0.29) is 24.8 Å². The van der Waals surface area contributed by atoms with Gasteiger partial charge in [-0.25, -0.2) is 9.97 Å². The molecular weight excluding hydrogens is 283 g/mol. The molecule has 7 N–H and O–H groups in total. The van der Waals surface area contributed by atoms with Crippen molar-refractivity contribution in [2.75, 3.05) is 5.73 Å². The maximum Gasteiger partial charge on any atom is 0.285 e. The Hall–Kier alpha value is -1.75. The van der Waals surface area contributed by atoms with Crippen LogP contribution in [0.5, 0.6) is 0 Å². The van der Waals surface area contributed by atoms with Crippen LogP contribution in [0.15, 0.2) is 42.5 Å². The van der Waals surface area contributed by atoms with Crippen LogP contribution in [0.25, 0.3) is 22.4 Å². The van der Waals surface area contributed by atoms with Gasteiger partial charge in [0.15, 0.2) is 11.0 Å². The van der Waals surface area contributed by atoms with Gasteiger partial charge in [0.2, 0.25) is 0 Å². The SMILES string of the molecule is Nc1ccc2[nH+]c(-c3ccc([NH3+])cc3)[nH]c2c1.[Cl-].[Cl-]. The van der Waals surface area contributed by atoms with E-state index in [1.54, 1.807) is 0 Å². The summed E-state index contributed by atoms with van der Waals surface area (Å²) in [5.74, 6) is 0.977. The van der Waals surface area contributed by atoms with Crippen LogP contribution in [-0.4, -0.2) is 4.98 Å². The molecule has 0 bridgehead atoms. The van der Waals surface area contributed by atoms with E-state index >= 15 is 0 Å². The fraction of sp³-hybridized carbons (Fsp3) is 0. The Kier molecular flexibility index (Phi) is 4.78. The zero-order valence-electron chi connectivity index (χ0n) is 10.1. The standard InChI is InChI=1S/C13H12N4.2ClH/c14-9-3-1-8(2-4-9)13-16-11-6-5-10(15)7-12(11)17-13;;/h1-7H,14-15H2,(H,16,17);2*1H. The average molecular weight is 297 g/mol. The zero-order chi connectivity index (χ0) is 11.8. The lowest BCUT2D eigenvalue weighted by Crippen LogP contribution is -3.00. The van der Waals surface area contributed by atoms with Gasteiger partial charge in [-0.05, 0) is 36.4 Å². The van der Waals surface area contributed by atoms with Crippen LogP contribution in [0.3, 0.4) is 0 Å². The van der Waals surface area contributed by atoms with E-state index in [4.69, 9.17) is 5.73 Å². The fourth-order valence-corrected chi connectivity index (χ4v) is 1.89. The summed E-state index contributed by atoms with van der Waals surface area (Å²) in [6.45, 7) is 0. The molecule has 4 nitrogen and oxygen atoms in total. The number of quaternary nitrogens is 1. The minimum absolute atomic E-state index is 0. The molecule has 1 heterocycles. The molecule has 0 radical (unpaired) electrons. The Bertz CT molecular complexity index is 677. The summed E-state index contributed by atoms with van der Waals surface area (Å²) in [5.41, 5.74) is 14.6. The Morgan fingerprint density at radius 2 is 1.68 bits per heavy atom. The molecule has 19 heavy (non-hydrogen) atoms. The van der Waals surface area contributed by atoms with Crippen LogP contribution in [-0.2, 0) is 0 Å². The number of rotatable bonds is 1. The smallest absolute Gasteiger partial charge is 0.285 e. The second-order valence-electron chi connectivity index (χ2n) is 4.13. The summed E-state index contributed by atoms with van der Waals surface area (Å²) in [5, 5.41) is 0. The molecular formula is C13H14Cl2N4. The molecule has 1 aromatic heterocycles. The molecule has 0 aliphatic rings. The van der Waals surface area contributed by atoms with E-state index in [1.807, 2.05) is 42.5 Å². The van der Waals surface area contributed by atoms with Crippen molar-refractivity contribution in [3.8, 4) is 11.4 Å². The van der Waals surface area contributed by atoms with Crippen molar-refractivity contribution in [1.82, 2.24) is 4.98 Å². The summed E-state index contributed by atoms with van der Waals surface area (Å²) < 4.78 is 0. The number of H-pyrrole nitrogens is 2. The molecule has 0 fully saturated rings. The van der Waals surface area contributed by atoms with Crippen molar-refractivity contribution in [3.05, 3.63) is 42.5 Å². The third kappa shape index (κ3) is 2.98. The largest absolute Gasteiger partial charge is 1.00 e. The van der Waals surface area contributed by atoms with Crippen LogP contribution >= 0.6 is 0 Å². The van der Waals surface area contributed by atoms with Gasteiger partial charge in [-0.1, -0.05) is 0 Å². The molecule has 0 atom stereocenters. The van der Waals surface area contributed by atoms with Crippen molar-refractivity contribution in [3.63, 3.8) is 0 Å². The molecule has 3 aromatic rings. The molecule has 0 aliphatic carbocycles. The predicted octanol–water partition coefficient (Wildman–Crippen LogP) is -4.89. The maximum atomic E-state index is 5.75. The first-order chi connectivity index (χ1) is 8.22. The van der Waals surface area contributed by atoms with Gasteiger partial charge >= 0.3 is 0 Å². The van der Waals surface area contributed by atoms with Crippen molar-refractivity contribution < 1.29 is 35.5 Å². The number of aromatic nitrogens is 2. The average Bonchev–Trinajstić information content (AvgIpc) is 2.72. The third-order valence-corrected chi connectivity index (χ3v) is 2.81. The highest BCUT2D eigenvalue weighted by Crippen LogP contribution is 2.19. The molecule has 0 amide bonds. The number of nitrogens with two attached hydrogens (primary N) is 1. The van der Waals surface area contributed by atoms with E-state index in [0.29, 0.717) is 0 Å². The van der Waals surface area contributed by atoms with Crippen LogP contribution in [0.4, 0.5) is 11.4 Å². The summed E-state index contributed by atoms with van der Waals surface area (Å²) in [6, 6.07) is 13.8. The number of benzene rings is 2. The Balaban J connectivity index is 0.000000902. The number of anilines is 1. The number of aromatic amines is 2. The summed E-state index contributed by atoms with van der Waals surface area (Å²) in [7, 11) is 0. The molecule has 3 rings (SSSR count). The molecule has 0 unspecified atom stereocenters. The van der Waals surface area contributed by atoms with Crippen LogP contribution in [0.2, 0.25) is 0 Å². The summed E-state index contributed by atoms with van der Waals surface area (Å²) in [4.78, 5) is 6.64. The van der Waals surface area contributed by atoms with E-state index in [1.165, 1.54) is 0 Å². The number of hydrogen-bond donors (Lipinski definition) is 3. The second-order valence-corrected chi connectivity index (χ2v) is 4.13.